The maximum atomic E-state index is 12.1. The Bertz CT molecular complexity index is 706. The quantitative estimate of drug-likeness (QED) is 0.726. The fraction of sp³-hybridized carbons (Fsp3) is 0.0714. The minimum absolute atomic E-state index is 0.0860. The summed E-state index contributed by atoms with van der Waals surface area (Å²) in [6.45, 7) is 0. The van der Waals surface area contributed by atoms with Crippen molar-refractivity contribution in [2.75, 3.05) is 10.6 Å². The van der Waals surface area contributed by atoms with Crippen LogP contribution in [0, 0.1) is 0 Å². The molecule has 0 aromatic heterocycles. The van der Waals surface area contributed by atoms with Crippen molar-refractivity contribution in [3.63, 3.8) is 0 Å². The van der Waals surface area contributed by atoms with E-state index in [4.69, 9.17) is 11.6 Å². The minimum atomic E-state index is -0.443. The molecule has 1 atom stereocenters. The van der Waals surface area contributed by atoms with E-state index in [1.165, 1.54) is 0 Å². The van der Waals surface area contributed by atoms with Crippen molar-refractivity contribution in [2.45, 2.75) is 6.04 Å². The lowest BCUT2D eigenvalue weighted by Crippen LogP contribution is -2.19. The van der Waals surface area contributed by atoms with Gasteiger partial charge in [0.2, 0.25) is 0 Å². The molecule has 1 aliphatic heterocycles. The number of hydrogen-bond acceptors (Lipinski definition) is 2. The minimum Gasteiger partial charge on any atom is -0.369 e. The number of carbonyl (C=O) groups excluding carboxylic acids is 1. The lowest BCUT2D eigenvalue weighted by Gasteiger charge is -2.14. The number of fused-ring (bicyclic) bond motifs is 1. The third-order valence-corrected chi connectivity index (χ3v) is 4.46. The summed E-state index contributed by atoms with van der Waals surface area (Å²) in [6, 6.07) is 10.7. The predicted octanol–water partition coefficient (Wildman–Crippen LogP) is 4.97. The predicted molar refractivity (Wildman–Crippen MR) is 88.3 cm³/mol. The first-order chi connectivity index (χ1) is 9.54. The Hall–Kier alpha value is -1.04. The molecule has 20 heavy (non-hydrogen) atoms. The molecule has 0 saturated heterocycles. The molecule has 1 aliphatic rings. The lowest BCUT2D eigenvalue weighted by molar-refractivity contribution is -0.116. The third kappa shape index (κ3) is 2.57. The zero-order valence-corrected chi connectivity index (χ0v) is 14.0. The number of nitrogens with one attached hydrogen (secondary N) is 2. The second-order valence-electron chi connectivity index (χ2n) is 4.42. The first-order valence-electron chi connectivity index (χ1n) is 5.86. The molecular weight excluding hydrogens is 407 g/mol. The lowest BCUT2D eigenvalue weighted by atomic mass is 10.1. The van der Waals surface area contributed by atoms with Gasteiger partial charge in [-0.25, -0.2) is 0 Å². The summed E-state index contributed by atoms with van der Waals surface area (Å²) in [7, 11) is 0. The van der Waals surface area contributed by atoms with Gasteiger partial charge in [0.05, 0.1) is 0 Å². The molecule has 0 saturated carbocycles. The molecule has 2 aromatic rings. The Labute approximate surface area is 138 Å². The third-order valence-electron chi connectivity index (χ3n) is 3.08. The Kier molecular flexibility index (Phi) is 3.75. The van der Waals surface area contributed by atoms with E-state index >= 15 is 0 Å². The first kappa shape index (κ1) is 13.9. The van der Waals surface area contributed by atoms with E-state index in [1.807, 2.05) is 24.3 Å². The van der Waals surface area contributed by atoms with E-state index in [0.29, 0.717) is 5.02 Å². The van der Waals surface area contributed by atoms with Gasteiger partial charge in [-0.1, -0.05) is 27.5 Å². The monoisotopic (exact) mass is 414 g/mol. The first-order valence-corrected chi connectivity index (χ1v) is 7.83. The summed E-state index contributed by atoms with van der Waals surface area (Å²) >= 11 is 12.9. The van der Waals surface area contributed by atoms with E-state index in [-0.39, 0.29) is 5.91 Å². The SMILES string of the molecule is O=C1Nc2ccc(Cl)cc2C1Nc1ccc(Br)cc1Br. The number of anilines is 2. The normalized spacial score (nSPS) is 16.8. The van der Waals surface area contributed by atoms with E-state index in [2.05, 4.69) is 42.5 Å². The van der Waals surface area contributed by atoms with Gasteiger partial charge in [-0.3, -0.25) is 4.79 Å². The summed E-state index contributed by atoms with van der Waals surface area (Å²) in [4.78, 5) is 12.1. The maximum Gasteiger partial charge on any atom is 0.251 e. The molecule has 0 spiro atoms. The molecular formula is C14H9Br2ClN2O. The van der Waals surface area contributed by atoms with Gasteiger partial charge in [0, 0.05) is 30.9 Å². The molecule has 6 heteroatoms. The van der Waals surface area contributed by atoms with Crippen LogP contribution in [-0.4, -0.2) is 5.91 Å². The van der Waals surface area contributed by atoms with Crippen LogP contribution in [0.5, 0.6) is 0 Å². The zero-order chi connectivity index (χ0) is 14.3. The molecule has 2 N–H and O–H groups in total. The summed E-state index contributed by atoms with van der Waals surface area (Å²) in [5.41, 5.74) is 2.50. The van der Waals surface area contributed by atoms with Crippen LogP contribution in [0.2, 0.25) is 5.02 Å². The topological polar surface area (TPSA) is 41.1 Å². The van der Waals surface area contributed by atoms with E-state index in [9.17, 15) is 4.79 Å². The molecule has 0 radical (unpaired) electrons. The van der Waals surface area contributed by atoms with Gasteiger partial charge in [0.1, 0.15) is 6.04 Å². The molecule has 0 fully saturated rings. The molecule has 0 bridgehead atoms. The molecule has 102 valence electrons. The average molecular weight is 417 g/mol. The Morgan fingerprint density at radius 1 is 1.15 bits per heavy atom. The Morgan fingerprint density at radius 2 is 1.95 bits per heavy atom. The number of amides is 1. The second-order valence-corrected chi connectivity index (χ2v) is 6.63. The van der Waals surface area contributed by atoms with E-state index < -0.39 is 6.04 Å². The van der Waals surface area contributed by atoms with Crippen molar-refractivity contribution in [3.8, 4) is 0 Å². The van der Waals surface area contributed by atoms with E-state index in [1.54, 1.807) is 12.1 Å². The molecule has 3 nitrogen and oxygen atoms in total. The van der Waals surface area contributed by atoms with Gasteiger partial charge in [-0.15, -0.1) is 0 Å². The van der Waals surface area contributed by atoms with Gasteiger partial charge in [0.15, 0.2) is 0 Å². The highest BCUT2D eigenvalue weighted by Gasteiger charge is 2.30. The standard InChI is InChI=1S/C14H9Br2ClN2O/c15-7-1-3-12(10(16)5-7)18-13-9-6-8(17)2-4-11(9)19-14(13)20/h1-6,13,18H,(H,19,20). The van der Waals surface area contributed by atoms with Gasteiger partial charge < -0.3 is 10.6 Å². The highest BCUT2D eigenvalue weighted by atomic mass is 79.9. The van der Waals surface area contributed by atoms with Crippen LogP contribution in [0.1, 0.15) is 11.6 Å². The number of halogens is 3. The smallest absolute Gasteiger partial charge is 0.251 e. The van der Waals surface area contributed by atoms with Crippen molar-refractivity contribution in [1.29, 1.82) is 0 Å². The molecule has 2 aromatic carbocycles. The number of rotatable bonds is 2. The molecule has 0 aliphatic carbocycles. The van der Waals surface area contributed by atoms with Gasteiger partial charge >= 0.3 is 0 Å². The fourth-order valence-corrected chi connectivity index (χ4v) is 3.48. The van der Waals surface area contributed by atoms with Gasteiger partial charge in [-0.2, -0.15) is 0 Å². The average Bonchev–Trinajstić information content (AvgIpc) is 2.69. The van der Waals surface area contributed by atoms with Crippen molar-refractivity contribution in [3.05, 3.63) is 55.9 Å². The molecule has 1 amide bonds. The highest BCUT2D eigenvalue weighted by molar-refractivity contribution is 9.11. The van der Waals surface area contributed by atoms with Crippen molar-refractivity contribution in [2.24, 2.45) is 0 Å². The molecule has 1 unspecified atom stereocenters. The highest BCUT2D eigenvalue weighted by Crippen LogP contribution is 2.37. The van der Waals surface area contributed by atoms with E-state index in [0.717, 1.165) is 25.9 Å². The van der Waals surface area contributed by atoms with Crippen molar-refractivity contribution >= 4 is 60.7 Å². The fourth-order valence-electron chi connectivity index (χ4n) is 2.14. The van der Waals surface area contributed by atoms with Crippen LogP contribution in [0.3, 0.4) is 0 Å². The molecule has 1 heterocycles. The van der Waals surface area contributed by atoms with Crippen LogP contribution in [0.15, 0.2) is 45.3 Å². The number of hydrogen-bond donors (Lipinski definition) is 2. The maximum absolute atomic E-state index is 12.1. The van der Waals surface area contributed by atoms with Gasteiger partial charge in [-0.05, 0) is 52.3 Å². The van der Waals surface area contributed by atoms with Crippen molar-refractivity contribution in [1.82, 2.24) is 0 Å². The zero-order valence-electron chi connectivity index (χ0n) is 10.1. The largest absolute Gasteiger partial charge is 0.369 e. The second kappa shape index (κ2) is 5.39. The van der Waals surface area contributed by atoms with Gasteiger partial charge in [0.25, 0.3) is 5.91 Å². The van der Waals surface area contributed by atoms with Crippen molar-refractivity contribution < 1.29 is 4.79 Å². The Balaban J connectivity index is 1.95. The summed E-state index contributed by atoms with van der Waals surface area (Å²) < 4.78 is 1.85. The summed E-state index contributed by atoms with van der Waals surface area (Å²) in [6.07, 6.45) is 0. The summed E-state index contributed by atoms with van der Waals surface area (Å²) in [5.74, 6) is -0.0860. The molecule has 3 rings (SSSR count). The number of benzene rings is 2. The summed E-state index contributed by atoms with van der Waals surface area (Å²) in [5, 5.41) is 6.69. The van der Waals surface area contributed by atoms with Crippen LogP contribution >= 0.6 is 43.5 Å². The van der Waals surface area contributed by atoms with Crippen LogP contribution in [0.4, 0.5) is 11.4 Å². The van der Waals surface area contributed by atoms with Crippen LogP contribution in [0.25, 0.3) is 0 Å². The van der Waals surface area contributed by atoms with Crippen LogP contribution in [-0.2, 0) is 4.79 Å². The van der Waals surface area contributed by atoms with Crippen LogP contribution < -0.4 is 10.6 Å². The Morgan fingerprint density at radius 3 is 2.70 bits per heavy atom. The number of carbonyl (C=O) groups is 1.